The molecule has 0 aliphatic carbocycles. The summed E-state index contributed by atoms with van der Waals surface area (Å²) in [6.07, 6.45) is 0. The maximum absolute atomic E-state index is 5.92. The van der Waals surface area contributed by atoms with Gasteiger partial charge in [0, 0.05) is 9.35 Å². The standard InChI is InChI=1S/C12H12BrClN2S/c1-7-9(13)3-6-12(15-7)16-8(2)10-4-5-11(14)17-10/h3-6,8H,1-2H3,(H,15,16). The first kappa shape index (κ1) is 12.9. The molecule has 90 valence electrons. The van der Waals surface area contributed by atoms with Gasteiger partial charge in [0.1, 0.15) is 5.82 Å². The summed E-state index contributed by atoms with van der Waals surface area (Å²) in [7, 11) is 0. The van der Waals surface area contributed by atoms with Crippen molar-refractivity contribution in [3.05, 3.63) is 43.6 Å². The maximum atomic E-state index is 5.92. The number of hydrogen-bond donors (Lipinski definition) is 1. The van der Waals surface area contributed by atoms with Gasteiger partial charge in [-0.25, -0.2) is 4.98 Å². The quantitative estimate of drug-likeness (QED) is 0.852. The molecule has 2 aromatic heterocycles. The SMILES string of the molecule is Cc1nc(NC(C)c2ccc(Cl)s2)ccc1Br. The van der Waals surface area contributed by atoms with Crippen molar-refractivity contribution in [3.8, 4) is 0 Å². The third-order valence-corrected chi connectivity index (χ3v) is 4.66. The molecule has 17 heavy (non-hydrogen) atoms. The van der Waals surface area contributed by atoms with E-state index in [1.54, 1.807) is 11.3 Å². The average molecular weight is 332 g/mol. The van der Waals surface area contributed by atoms with Gasteiger partial charge in [0.05, 0.1) is 16.1 Å². The van der Waals surface area contributed by atoms with Crippen LogP contribution >= 0.6 is 38.9 Å². The highest BCUT2D eigenvalue weighted by Gasteiger charge is 2.09. The number of thiophene rings is 1. The number of halogens is 2. The molecule has 1 unspecified atom stereocenters. The van der Waals surface area contributed by atoms with Gasteiger partial charge in [-0.1, -0.05) is 11.6 Å². The van der Waals surface area contributed by atoms with E-state index in [0.29, 0.717) is 0 Å². The molecule has 0 fully saturated rings. The highest BCUT2D eigenvalue weighted by atomic mass is 79.9. The van der Waals surface area contributed by atoms with Crippen LogP contribution in [0.4, 0.5) is 5.82 Å². The van der Waals surface area contributed by atoms with Crippen LogP contribution in [0.15, 0.2) is 28.7 Å². The van der Waals surface area contributed by atoms with Gasteiger partial charge in [-0.3, -0.25) is 0 Å². The number of aryl methyl sites for hydroxylation is 1. The van der Waals surface area contributed by atoms with Crippen molar-refractivity contribution >= 4 is 44.7 Å². The Labute approximate surface area is 118 Å². The minimum Gasteiger partial charge on any atom is -0.363 e. The zero-order valence-electron chi connectivity index (χ0n) is 9.50. The Bertz CT molecular complexity index is 527. The normalized spacial score (nSPS) is 12.5. The number of anilines is 1. The molecule has 0 amide bonds. The van der Waals surface area contributed by atoms with Crippen molar-refractivity contribution in [2.45, 2.75) is 19.9 Å². The summed E-state index contributed by atoms with van der Waals surface area (Å²) in [4.78, 5) is 5.66. The van der Waals surface area contributed by atoms with E-state index in [1.807, 2.05) is 31.2 Å². The summed E-state index contributed by atoms with van der Waals surface area (Å²) in [5.74, 6) is 0.878. The van der Waals surface area contributed by atoms with Gasteiger partial charge in [-0.15, -0.1) is 11.3 Å². The summed E-state index contributed by atoms with van der Waals surface area (Å²) in [6.45, 7) is 4.07. The Morgan fingerprint density at radius 1 is 1.35 bits per heavy atom. The minimum absolute atomic E-state index is 0.209. The Morgan fingerprint density at radius 3 is 2.71 bits per heavy atom. The van der Waals surface area contributed by atoms with E-state index in [-0.39, 0.29) is 6.04 Å². The lowest BCUT2D eigenvalue weighted by Crippen LogP contribution is -2.06. The number of nitrogens with one attached hydrogen (secondary N) is 1. The van der Waals surface area contributed by atoms with Crippen molar-refractivity contribution in [1.82, 2.24) is 4.98 Å². The number of pyridine rings is 1. The van der Waals surface area contributed by atoms with Gasteiger partial charge in [0.25, 0.3) is 0 Å². The van der Waals surface area contributed by atoms with E-state index >= 15 is 0 Å². The zero-order chi connectivity index (χ0) is 12.4. The summed E-state index contributed by atoms with van der Waals surface area (Å²) < 4.78 is 1.84. The summed E-state index contributed by atoms with van der Waals surface area (Å²) >= 11 is 10.9. The second-order valence-electron chi connectivity index (χ2n) is 3.77. The zero-order valence-corrected chi connectivity index (χ0v) is 12.7. The van der Waals surface area contributed by atoms with Crippen LogP contribution in [-0.4, -0.2) is 4.98 Å². The molecule has 0 spiro atoms. The van der Waals surface area contributed by atoms with E-state index in [4.69, 9.17) is 11.6 Å². The fourth-order valence-electron chi connectivity index (χ4n) is 1.48. The lowest BCUT2D eigenvalue weighted by atomic mass is 10.2. The summed E-state index contributed by atoms with van der Waals surface area (Å²) in [5, 5.41) is 3.36. The van der Waals surface area contributed by atoms with Crippen molar-refractivity contribution in [3.63, 3.8) is 0 Å². The molecule has 0 aliphatic heterocycles. The number of aromatic nitrogens is 1. The molecule has 1 N–H and O–H groups in total. The highest BCUT2D eigenvalue weighted by molar-refractivity contribution is 9.10. The topological polar surface area (TPSA) is 24.9 Å². The van der Waals surface area contributed by atoms with Crippen molar-refractivity contribution in [1.29, 1.82) is 0 Å². The fourth-order valence-corrected chi connectivity index (χ4v) is 2.76. The Hall–Kier alpha value is -0.580. The van der Waals surface area contributed by atoms with Gasteiger partial charge < -0.3 is 5.32 Å². The highest BCUT2D eigenvalue weighted by Crippen LogP contribution is 2.29. The van der Waals surface area contributed by atoms with Crippen LogP contribution in [0.1, 0.15) is 23.5 Å². The predicted octanol–water partition coefficient (Wildman–Crippen LogP) is 5.04. The van der Waals surface area contributed by atoms with E-state index in [1.165, 1.54) is 4.88 Å². The van der Waals surface area contributed by atoms with E-state index in [0.717, 1.165) is 20.3 Å². The minimum atomic E-state index is 0.209. The third kappa shape index (κ3) is 3.21. The largest absolute Gasteiger partial charge is 0.363 e. The number of rotatable bonds is 3. The monoisotopic (exact) mass is 330 g/mol. The molecule has 2 rings (SSSR count). The van der Waals surface area contributed by atoms with Crippen LogP contribution in [0.5, 0.6) is 0 Å². The smallest absolute Gasteiger partial charge is 0.126 e. The lowest BCUT2D eigenvalue weighted by molar-refractivity contribution is 0.893. The first-order valence-corrected chi connectivity index (χ1v) is 7.20. The van der Waals surface area contributed by atoms with E-state index < -0.39 is 0 Å². The van der Waals surface area contributed by atoms with Crippen LogP contribution in [-0.2, 0) is 0 Å². The Balaban J connectivity index is 2.12. The van der Waals surface area contributed by atoms with Crippen molar-refractivity contribution in [2.24, 2.45) is 0 Å². The van der Waals surface area contributed by atoms with Crippen LogP contribution in [0.2, 0.25) is 4.34 Å². The van der Waals surface area contributed by atoms with Gasteiger partial charge in [-0.05, 0) is 54.0 Å². The predicted molar refractivity (Wildman–Crippen MR) is 78.0 cm³/mol. The summed E-state index contributed by atoms with van der Waals surface area (Å²) in [6, 6.07) is 8.12. The molecule has 0 aliphatic rings. The second kappa shape index (κ2) is 5.38. The summed E-state index contributed by atoms with van der Waals surface area (Å²) in [5.41, 5.74) is 0.978. The molecular weight excluding hydrogens is 320 g/mol. The fraction of sp³-hybridized carbons (Fsp3) is 0.250. The van der Waals surface area contributed by atoms with Crippen LogP contribution in [0, 0.1) is 6.92 Å². The van der Waals surface area contributed by atoms with E-state index in [9.17, 15) is 0 Å². The molecular formula is C12H12BrClN2S. The van der Waals surface area contributed by atoms with Gasteiger partial charge in [-0.2, -0.15) is 0 Å². The molecule has 0 bridgehead atoms. The van der Waals surface area contributed by atoms with E-state index in [2.05, 4.69) is 33.2 Å². The Morgan fingerprint density at radius 2 is 2.12 bits per heavy atom. The first-order chi connectivity index (χ1) is 8.06. The molecule has 0 saturated carbocycles. The molecule has 1 atom stereocenters. The second-order valence-corrected chi connectivity index (χ2v) is 6.37. The third-order valence-electron chi connectivity index (χ3n) is 2.41. The molecule has 5 heteroatoms. The molecule has 0 saturated heterocycles. The number of nitrogens with zero attached hydrogens (tertiary/aromatic N) is 1. The van der Waals surface area contributed by atoms with Crippen LogP contribution < -0.4 is 5.32 Å². The van der Waals surface area contributed by atoms with Gasteiger partial charge in [0.15, 0.2) is 0 Å². The van der Waals surface area contributed by atoms with Crippen LogP contribution in [0.3, 0.4) is 0 Å². The molecule has 2 nitrogen and oxygen atoms in total. The Kier molecular flexibility index (Phi) is 4.07. The molecule has 0 aromatic carbocycles. The molecule has 2 aromatic rings. The molecule has 2 heterocycles. The van der Waals surface area contributed by atoms with Gasteiger partial charge in [0.2, 0.25) is 0 Å². The lowest BCUT2D eigenvalue weighted by Gasteiger charge is -2.13. The van der Waals surface area contributed by atoms with Crippen LogP contribution in [0.25, 0.3) is 0 Å². The first-order valence-electron chi connectivity index (χ1n) is 5.21. The number of hydrogen-bond acceptors (Lipinski definition) is 3. The maximum Gasteiger partial charge on any atom is 0.126 e. The van der Waals surface area contributed by atoms with Crippen molar-refractivity contribution in [2.75, 3.05) is 5.32 Å². The van der Waals surface area contributed by atoms with Gasteiger partial charge >= 0.3 is 0 Å². The van der Waals surface area contributed by atoms with Crippen molar-refractivity contribution < 1.29 is 0 Å². The molecule has 0 radical (unpaired) electrons. The average Bonchev–Trinajstić information content (AvgIpc) is 2.70.